The summed E-state index contributed by atoms with van der Waals surface area (Å²) in [6.45, 7) is 3.01. The van der Waals surface area contributed by atoms with Gasteiger partial charge in [-0.3, -0.25) is 0 Å². The molecule has 2 heterocycles. The van der Waals surface area contributed by atoms with E-state index in [2.05, 4.69) is 15.5 Å². The Morgan fingerprint density at radius 2 is 1.88 bits per heavy atom. The molecule has 11 heteroatoms. The SMILES string of the molecule is Cc1nnc([C@H]2CCCN2C(=O)Nc2ccc(S(C)(=O)=O)cc2Cl)n1Cc1ccc(Cl)cc1. The number of hydrogen-bond donors (Lipinski definition) is 1. The van der Waals surface area contributed by atoms with Gasteiger partial charge in [-0.25, -0.2) is 13.2 Å². The fraction of sp³-hybridized carbons (Fsp3) is 0.318. The third-order valence-electron chi connectivity index (χ3n) is 5.64. The fourth-order valence-corrected chi connectivity index (χ4v) is 4.97. The molecule has 1 N–H and O–H groups in total. The summed E-state index contributed by atoms with van der Waals surface area (Å²) in [4.78, 5) is 14.9. The minimum absolute atomic E-state index is 0.0929. The van der Waals surface area contributed by atoms with Crippen LogP contribution in [0.3, 0.4) is 0 Å². The predicted octanol–water partition coefficient (Wildman–Crippen LogP) is 4.71. The fourth-order valence-electron chi connectivity index (χ4n) is 3.90. The van der Waals surface area contributed by atoms with E-state index in [1.165, 1.54) is 18.2 Å². The predicted molar refractivity (Wildman–Crippen MR) is 128 cm³/mol. The number of anilines is 1. The minimum atomic E-state index is -3.39. The van der Waals surface area contributed by atoms with Crippen LogP contribution in [0.25, 0.3) is 0 Å². The molecule has 2 aromatic carbocycles. The number of carbonyl (C=O) groups is 1. The van der Waals surface area contributed by atoms with Gasteiger partial charge in [0.1, 0.15) is 5.82 Å². The molecule has 3 aromatic rings. The summed E-state index contributed by atoms with van der Waals surface area (Å²) in [5.41, 5.74) is 1.40. The molecular formula is C22H23Cl2N5O3S. The van der Waals surface area contributed by atoms with Crippen molar-refractivity contribution < 1.29 is 13.2 Å². The number of urea groups is 1. The van der Waals surface area contributed by atoms with E-state index in [1.807, 2.05) is 35.8 Å². The second-order valence-corrected chi connectivity index (χ2v) is 10.9. The average Bonchev–Trinajstić information content (AvgIpc) is 3.37. The van der Waals surface area contributed by atoms with E-state index in [4.69, 9.17) is 23.2 Å². The van der Waals surface area contributed by atoms with E-state index in [0.29, 0.717) is 29.6 Å². The van der Waals surface area contributed by atoms with Crippen molar-refractivity contribution in [2.45, 2.75) is 37.2 Å². The molecule has 0 aliphatic carbocycles. The number of amides is 2. The molecule has 0 radical (unpaired) electrons. The van der Waals surface area contributed by atoms with Crippen LogP contribution in [-0.4, -0.2) is 46.9 Å². The number of carbonyl (C=O) groups excluding carboxylic acids is 1. The Bertz CT molecular complexity index is 1290. The first-order chi connectivity index (χ1) is 15.6. The Hall–Kier alpha value is -2.62. The maximum Gasteiger partial charge on any atom is 0.322 e. The number of likely N-dealkylation sites (tertiary alicyclic amines) is 1. The van der Waals surface area contributed by atoms with Crippen LogP contribution in [0.1, 0.15) is 36.1 Å². The summed E-state index contributed by atoms with van der Waals surface area (Å²) in [7, 11) is -3.39. The second-order valence-electron chi connectivity index (χ2n) is 8.01. The van der Waals surface area contributed by atoms with Crippen molar-refractivity contribution in [2.24, 2.45) is 0 Å². The first kappa shape index (κ1) is 23.5. The normalized spacial score (nSPS) is 16.2. The van der Waals surface area contributed by atoms with Gasteiger partial charge in [0.15, 0.2) is 15.7 Å². The van der Waals surface area contributed by atoms with Gasteiger partial charge in [0.2, 0.25) is 0 Å². The number of hydrogen-bond acceptors (Lipinski definition) is 5. The first-order valence-electron chi connectivity index (χ1n) is 10.3. The van der Waals surface area contributed by atoms with E-state index in [0.717, 1.165) is 30.5 Å². The lowest BCUT2D eigenvalue weighted by atomic mass is 10.2. The minimum Gasteiger partial charge on any atom is -0.314 e. The number of nitrogens with one attached hydrogen (secondary N) is 1. The largest absolute Gasteiger partial charge is 0.322 e. The molecule has 8 nitrogen and oxygen atoms in total. The maximum atomic E-state index is 13.1. The van der Waals surface area contributed by atoms with E-state index in [1.54, 1.807) is 4.90 Å². The highest BCUT2D eigenvalue weighted by atomic mass is 35.5. The number of benzene rings is 2. The number of halogens is 2. The van der Waals surface area contributed by atoms with Crippen molar-refractivity contribution in [1.82, 2.24) is 19.7 Å². The summed E-state index contributed by atoms with van der Waals surface area (Å²) < 4.78 is 25.5. The van der Waals surface area contributed by atoms with E-state index >= 15 is 0 Å². The van der Waals surface area contributed by atoms with E-state index < -0.39 is 9.84 Å². The molecule has 0 bridgehead atoms. The molecule has 0 spiro atoms. The Kier molecular flexibility index (Phi) is 6.65. The quantitative estimate of drug-likeness (QED) is 0.538. The van der Waals surface area contributed by atoms with Crippen LogP contribution in [0.2, 0.25) is 10.0 Å². The molecule has 33 heavy (non-hydrogen) atoms. The van der Waals surface area contributed by atoms with Crippen LogP contribution in [-0.2, 0) is 16.4 Å². The second kappa shape index (κ2) is 9.32. The summed E-state index contributed by atoms with van der Waals surface area (Å²) in [5, 5.41) is 12.3. The summed E-state index contributed by atoms with van der Waals surface area (Å²) in [6.07, 6.45) is 2.69. The van der Waals surface area contributed by atoms with Crippen molar-refractivity contribution in [1.29, 1.82) is 0 Å². The lowest BCUT2D eigenvalue weighted by Gasteiger charge is -2.25. The van der Waals surface area contributed by atoms with Crippen LogP contribution in [0.4, 0.5) is 10.5 Å². The Morgan fingerprint density at radius 3 is 2.55 bits per heavy atom. The third-order valence-corrected chi connectivity index (χ3v) is 7.32. The molecule has 0 saturated carbocycles. The first-order valence-corrected chi connectivity index (χ1v) is 13.0. The Balaban J connectivity index is 1.55. The molecule has 1 fully saturated rings. The summed E-state index contributed by atoms with van der Waals surface area (Å²) in [6, 6.07) is 11.3. The standard InChI is InChI=1S/C22H23Cl2N5O3S/c1-14-26-27-21(29(14)13-15-5-7-16(23)8-6-15)20-4-3-11-28(20)22(30)25-19-10-9-17(12-18(19)24)33(2,31)32/h5-10,12,20H,3-4,11,13H2,1-2H3,(H,25,30)/t20-/m1/s1. The zero-order valence-electron chi connectivity index (χ0n) is 18.1. The molecule has 1 atom stereocenters. The lowest BCUT2D eigenvalue weighted by Crippen LogP contribution is -2.35. The van der Waals surface area contributed by atoms with Crippen LogP contribution < -0.4 is 5.32 Å². The molecule has 1 aliphatic rings. The number of sulfone groups is 1. The maximum absolute atomic E-state index is 13.1. The summed E-state index contributed by atoms with van der Waals surface area (Å²) >= 11 is 12.2. The van der Waals surface area contributed by atoms with Gasteiger partial charge in [0.25, 0.3) is 0 Å². The Labute approximate surface area is 202 Å². The molecule has 0 unspecified atom stereocenters. The monoisotopic (exact) mass is 507 g/mol. The van der Waals surface area contributed by atoms with Gasteiger partial charge in [0, 0.05) is 17.8 Å². The van der Waals surface area contributed by atoms with Crippen molar-refractivity contribution in [3.63, 3.8) is 0 Å². The number of aromatic nitrogens is 3. The zero-order chi connectivity index (χ0) is 23.8. The molecule has 174 valence electrons. The van der Waals surface area contributed by atoms with Crippen molar-refractivity contribution in [3.8, 4) is 0 Å². The zero-order valence-corrected chi connectivity index (χ0v) is 20.5. The van der Waals surface area contributed by atoms with E-state index in [9.17, 15) is 13.2 Å². The van der Waals surface area contributed by atoms with Crippen LogP contribution in [0.5, 0.6) is 0 Å². The van der Waals surface area contributed by atoms with Gasteiger partial charge in [-0.05, 0) is 55.7 Å². The van der Waals surface area contributed by atoms with Gasteiger partial charge in [-0.2, -0.15) is 0 Å². The topological polar surface area (TPSA) is 97.2 Å². The molecule has 1 aliphatic heterocycles. The van der Waals surface area contributed by atoms with Crippen LogP contribution in [0.15, 0.2) is 47.4 Å². The molecule has 2 amide bonds. The Morgan fingerprint density at radius 1 is 1.15 bits per heavy atom. The lowest BCUT2D eigenvalue weighted by molar-refractivity contribution is 0.204. The summed E-state index contributed by atoms with van der Waals surface area (Å²) in [5.74, 6) is 1.47. The van der Waals surface area contributed by atoms with Crippen molar-refractivity contribution in [2.75, 3.05) is 18.1 Å². The highest BCUT2D eigenvalue weighted by Gasteiger charge is 2.34. The third kappa shape index (κ3) is 5.15. The van der Waals surface area contributed by atoms with E-state index in [-0.39, 0.29) is 22.0 Å². The molecular weight excluding hydrogens is 485 g/mol. The van der Waals surface area contributed by atoms with Crippen molar-refractivity contribution >= 4 is 44.8 Å². The highest BCUT2D eigenvalue weighted by Crippen LogP contribution is 2.33. The molecule has 4 rings (SSSR count). The van der Waals surface area contributed by atoms with Gasteiger partial charge < -0.3 is 14.8 Å². The number of rotatable bonds is 5. The number of nitrogens with zero attached hydrogens (tertiary/aromatic N) is 4. The highest BCUT2D eigenvalue weighted by molar-refractivity contribution is 7.90. The molecule has 1 aromatic heterocycles. The van der Waals surface area contributed by atoms with Crippen LogP contribution in [0, 0.1) is 6.92 Å². The average molecular weight is 508 g/mol. The smallest absolute Gasteiger partial charge is 0.314 e. The van der Waals surface area contributed by atoms with Gasteiger partial charge >= 0.3 is 6.03 Å². The van der Waals surface area contributed by atoms with Gasteiger partial charge in [-0.1, -0.05) is 35.3 Å². The van der Waals surface area contributed by atoms with Gasteiger partial charge in [-0.15, -0.1) is 10.2 Å². The van der Waals surface area contributed by atoms with Crippen molar-refractivity contribution in [3.05, 3.63) is 69.7 Å². The van der Waals surface area contributed by atoms with Gasteiger partial charge in [0.05, 0.1) is 28.2 Å². The molecule has 1 saturated heterocycles. The number of aryl methyl sites for hydroxylation is 1. The van der Waals surface area contributed by atoms with Crippen LogP contribution >= 0.6 is 23.2 Å².